The van der Waals surface area contributed by atoms with Crippen LogP contribution in [0.5, 0.6) is 0 Å². The van der Waals surface area contributed by atoms with Crippen LogP contribution >= 0.6 is 22.6 Å². The van der Waals surface area contributed by atoms with Crippen LogP contribution in [0.2, 0.25) is 0 Å². The molecule has 1 heterocycles. The number of cyclic esters (lactones) is 1. The van der Waals surface area contributed by atoms with Crippen molar-refractivity contribution in [2.45, 2.75) is 10.2 Å². The van der Waals surface area contributed by atoms with E-state index in [1.807, 2.05) is 19.0 Å². The number of carbonyl (C=O) groups is 2. The van der Waals surface area contributed by atoms with Gasteiger partial charge in [0.05, 0.1) is 6.61 Å². The number of benzene rings is 1. The van der Waals surface area contributed by atoms with Gasteiger partial charge in [-0.1, -0.05) is 22.6 Å². The molecule has 0 spiro atoms. The van der Waals surface area contributed by atoms with E-state index in [9.17, 15) is 14.7 Å². The van der Waals surface area contributed by atoms with E-state index in [0.717, 1.165) is 6.54 Å². The van der Waals surface area contributed by atoms with Gasteiger partial charge in [-0.3, -0.25) is 9.69 Å². The summed E-state index contributed by atoms with van der Waals surface area (Å²) in [5, 5.41) is 12.0. The molecule has 8 heteroatoms. The number of aliphatic hydroxyl groups excluding tert-OH is 1. The second-order valence-electron chi connectivity index (χ2n) is 5.45. The fourth-order valence-corrected chi connectivity index (χ4v) is 3.07. The average molecular weight is 433 g/mol. The molecular weight excluding hydrogens is 413 g/mol. The Bertz CT molecular complexity index is 564. The van der Waals surface area contributed by atoms with Crippen LogP contribution in [0.4, 0.5) is 10.5 Å². The number of nitrogens with one attached hydrogen (secondary N) is 1. The number of likely N-dealkylation sites (N-methyl/N-ethyl adjacent to an activating group) is 1. The zero-order valence-corrected chi connectivity index (χ0v) is 15.2. The van der Waals surface area contributed by atoms with Gasteiger partial charge in [0.25, 0.3) is 5.91 Å². The quantitative estimate of drug-likeness (QED) is 0.399. The van der Waals surface area contributed by atoms with E-state index in [1.165, 1.54) is 4.90 Å². The third-order valence-electron chi connectivity index (χ3n) is 3.43. The fourth-order valence-electron chi connectivity index (χ4n) is 2.15. The highest BCUT2D eigenvalue weighted by molar-refractivity contribution is 14.1. The van der Waals surface area contributed by atoms with Crippen molar-refractivity contribution < 1.29 is 19.4 Å². The zero-order valence-electron chi connectivity index (χ0n) is 13.0. The first-order valence-electron chi connectivity index (χ1n) is 7.22. The maximum absolute atomic E-state index is 12.0. The number of amides is 2. The fraction of sp³-hybridized carbons (Fsp3) is 0.467. The molecule has 1 saturated heterocycles. The number of rotatable bonds is 6. The number of ether oxygens (including phenoxy) is 1. The Morgan fingerprint density at radius 1 is 1.39 bits per heavy atom. The van der Waals surface area contributed by atoms with Crippen molar-refractivity contribution in [2.24, 2.45) is 0 Å². The van der Waals surface area contributed by atoms with E-state index in [2.05, 4.69) is 27.9 Å². The number of nitrogens with zero attached hydrogens (tertiary/aromatic N) is 2. The molecule has 2 atom stereocenters. The highest BCUT2D eigenvalue weighted by Gasteiger charge is 2.40. The van der Waals surface area contributed by atoms with E-state index >= 15 is 0 Å². The van der Waals surface area contributed by atoms with Crippen molar-refractivity contribution in [1.82, 2.24) is 10.2 Å². The molecule has 7 nitrogen and oxygen atoms in total. The molecule has 2 amide bonds. The lowest BCUT2D eigenvalue weighted by atomic mass is 10.2. The molecule has 0 aliphatic carbocycles. The Labute approximate surface area is 148 Å². The number of carbonyl (C=O) groups excluding carboxylic acids is 2. The van der Waals surface area contributed by atoms with Gasteiger partial charge in [-0.15, -0.1) is 0 Å². The molecule has 1 aromatic carbocycles. The summed E-state index contributed by atoms with van der Waals surface area (Å²) in [7, 11) is 3.88. The summed E-state index contributed by atoms with van der Waals surface area (Å²) in [5.74, 6) is -0.151. The molecule has 1 unspecified atom stereocenters. The summed E-state index contributed by atoms with van der Waals surface area (Å²) in [4.78, 5) is 27.4. The van der Waals surface area contributed by atoms with Gasteiger partial charge in [-0.2, -0.15) is 0 Å². The molecule has 1 fully saturated rings. The van der Waals surface area contributed by atoms with Crippen LogP contribution in [-0.4, -0.2) is 66.0 Å². The van der Waals surface area contributed by atoms with E-state index < -0.39 is 12.2 Å². The molecular formula is C15H20IN3O4. The minimum absolute atomic E-state index is 0.151. The predicted molar refractivity (Wildman–Crippen MR) is 95.0 cm³/mol. The van der Waals surface area contributed by atoms with Crippen LogP contribution < -0.4 is 10.2 Å². The minimum atomic E-state index is -0.544. The molecule has 23 heavy (non-hydrogen) atoms. The number of alkyl halides is 1. The average Bonchev–Trinajstić information content (AvgIpc) is 2.81. The highest BCUT2D eigenvalue weighted by Crippen LogP contribution is 2.30. The Hall–Kier alpha value is -1.39. The highest BCUT2D eigenvalue weighted by atomic mass is 127. The van der Waals surface area contributed by atoms with Crippen molar-refractivity contribution in [3.8, 4) is 0 Å². The van der Waals surface area contributed by atoms with Crippen molar-refractivity contribution in [1.29, 1.82) is 0 Å². The van der Waals surface area contributed by atoms with Crippen LogP contribution in [0.25, 0.3) is 0 Å². The van der Waals surface area contributed by atoms with Gasteiger partial charge in [0.15, 0.2) is 6.10 Å². The second kappa shape index (κ2) is 7.93. The first-order valence-corrected chi connectivity index (χ1v) is 8.46. The molecule has 0 aromatic heterocycles. The summed E-state index contributed by atoms with van der Waals surface area (Å²) in [5.41, 5.74) is 1.17. The Morgan fingerprint density at radius 2 is 2.04 bits per heavy atom. The summed E-state index contributed by atoms with van der Waals surface area (Å²) in [6.45, 7) is 1.12. The van der Waals surface area contributed by atoms with Crippen molar-refractivity contribution >= 4 is 40.3 Å². The molecule has 1 aliphatic rings. The lowest BCUT2D eigenvalue weighted by Crippen LogP contribution is -2.33. The topological polar surface area (TPSA) is 82.1 Å². The maximum Gasteiger partial charge on any atom is 0.415 e. The van der Waals surface area contributed by atoms with E-state index in [-0.39, 0.29) is 16.6 Å². The van der Waals surface area contributed by atoms with Gasteiger partial charge in [0.1, 0.15) is 4.05 Å². The molecule has 126 valence electrons. The molecule has 2 rings (SSSR count). The molecule has 1 aliphatic heterocycles. The van der Waals surface area contributed by atoms with E-state index in [0.29, 0.717) is 17.8 Å². The summed E-state index contributed by atoms with van der Waals surface area (Å²) >= 11 is 2.06. The van der Waals surface area contributed by atoms with Gasteiger partial charge in [-0.25, -0.2) is 4.79 Å². The minimum Gasteiger partial charge on any atom is -0.440 e. The SMILES string of the molecule is CN(C)CCNC(=O)c1ccc(N2C(=O)OC(CO)[C@H]2I)cc1. The molecule has 0 saturated carbocycles. The van der Waals surface area contributed by atoms with Crippen LogP contribution in [0, 0.1) is 0 Å². The number of aliphatic hydroxyl groups is 1. The Kier molecular flexibility index (Phi) is 6.19. The smallest absolute Gasteiger partial charge is 0.415 e. The maximum atomic E-state index is 12.0. The molecule has 0 bridgehead atoms. The zero-order chi connectivity index (χ0) is 17.0. The Balaban J connectivity index is 2.02. The van der Waals surface area contributed by atoms with Gasteiger partial charge < -0.3 is 20.1 Å². The lowest BCUT2D eigenvalue weighted by Gasteiger charge is -2.18. The van der Waals surface area contributed by atoms with Crippen molar-refractivity contribution in [2.75, 3.05) is 38.7 Å². The van der Waals surface area contributed by atoms with Crippen LogP contribution in [0.3, 0.4) is 0 Å². The molecule has 0 radical (unpaired) electrons. The van der Waals surface area contributed by atoms with E-state index in [1.54, 1.807) is 24.3 Å². The molecule has 2 N–H and O–H groups in total. The number of hydrogen-bond acceptors (Lipinski definition) is 5. The van der Waals surface area contributed by atoms with E-state index in [4.69, 9.17) is 4.74 Å². The van der Waals surface area contributed by atoms with Crippen molar-refractivity contribution in [3.05, 3.63) is 29.8 Å². The Morgan fingerprint density at radius 3 is 2.57 bits per heavy atom. The van der Waals surface area contributed by atoms with Crippen LogP contribution in [0.15, 0.2) is 24.3 Å². The van der Waals surface area contributed by atoms with Crippen LogP contribution in [0.1, 0.15) is 10.4 Å². The first-order chi connectivity index (χ1) is 10.9. The molecule has 1 aromatic rings. The summed E-state index contributed by atoms with van der Waals surface area (Å²) in [6.07, 6.45) is -1.04. The lowest BCUT2D eigenvalue weighted by molar-refractivity contribution is 0.0942. The number of anilines is 1. The van der Waals surface area contributed by atoms with Gasteiger partial charge in [-0.05, 0) is 38.4 Å². The summed E-state index contributed by atoms with van der Waals surface area (Å²) in [6, 6.07) is 6.74. The normalized spacial score (nSPS) is 20.7. The van der Waals surface area contributed by atoms with Crippen molar-refractivity contribution in [3.63, 3.8) is 0 Å². The van der Waals surface area contributed by atoms with Gasteiger partial charge >= 0.3 is 6.09 Å². The first kappa shape index (κ1) is 18.0. The summed E-state index contributed by atoms with van der Waals surface area (Å²) < 4.78 is 4.80. The predicted octanol–water partition coefficient (Wildman–Crippen LogP) is 1.06. The van der Waals surface area contributed by atoms with Gasteiger partial charge in [0.2, 0.25) is 0 Å². The number of hydrogen-bond donors (Lipinski definition) is 2. The largest absolute Gasteiger partial charge is 0.440 e. The number of halogens is 1. The monoisotopic (exact) mass is 433 g/mol. The second-order valence-corrected chi connectivity index (χ2v) is 6.73. The third kappa shape index (κ3) is 4.33. The third-order valence-corrected chi connectivity index (χ3v) is 4.79. The van der Waals surface area contributed by atoms with Crippen LogP contribution in [-0.2, 0) is 4.74 Å². The standard InChI is InChI=1S/C15H20IN3O4/c1-18(2)8-7-17-14(21)10-3-5-11(6-4-10)19-13(16)12(9-20)23-15(19)22/h3-6,12-13,20H,7-9H2,1-2H3,(H,17,21)/t12?,13-/m0/s1. The van der Waals surface area contributed by atoms with Gasteiger partial charge in [0, 0.05) is 24.3 Å².